The van der Waals surface area contributed by atoms with Crippen LogP contribution in [0.3, 0.4) is 0 Å². The largest absolute Gasteiger partial charge is 0.495 e. The lowest BCUT2D eigenvalue weighted by atomic mass is 9.98. The van der Waals surface area contributed by atoms with E-state index in [-0.39, 0.29) is 23.0 Å². The number of ether oxygens (including phenoxy) is 1. The smallest absolute Gasteiger partial charge is 0.263 e. The van der Waals surface area contributed by atoms with Crippen molar-refractivity contribution < 1.29 is 9.13 Å². The highest BCUT2D eigenvalue weighted by atomic mass is 19.1. The molecule has 0 bridgehead atoms. The average Bonchev–Trinajstić information content (AvgIpc) is 2.92. The summed E-state index contributed by atoms with van der Waals surface area (Å²) < 4.78 is 21.1. The van der Waals surface area contributed by atoms with Crippen LogP contribution >= 0.6 is 0 Å². The molecule has 3 N–H and O–H groups in total. The molecule has 0 unspecified atom stereocenters. The van der Waals surface area contributed by atoms with Crippen LogP contribution < -0.4 is 21.3 Å². The molecule has 0 saturated carbocycles. The van der Waals surface area contributed by atoms with Gasteiger partial charge < -0.3 is 15.8 Å². The molecule has 0 radical (unpaired) electrons. The van der Waals surface area contributed by atoms with Crippen LogP contribution in [0.1, 0.15) is 18.7 Å². The predicted molar refractivity (Wildman–Crippen MR) is 144 cm³/mol. The first-order valence-corrected chi connectivity index (χ1v) is 11.6. The SMILES string of the molecule is [C-]#[N+]c1cnc(N)nc1N[C@@H](C)c1cc2cccc(-c3cncc(OC)c3)c2c(=O)n1-c1cccc(F)c1. The van der Waals surface area contributed by atoms with Gasteiger partial charge in [-0.15, -0.1) is 0 Å². The van der Waals surface area contributed by atoms with Gasteiger partial charge in [0.05, 0.1) is 37.0 Å². The van der Waals surface area contributed by atoms with Gasteiger partial charge in [0.1, 0.15) is 17.4 Å². The van der Waals surface area contributed by atoms with Crippen LogP contribution in [0.2, 0.25) is 0 Å². The third-order valence-electron chi connectivity index (χ3n) is 6.11. The van der Waals surface area contributed by atoms with Crippen molar-refractivity contribution in [2.45, 2.75) is 13.0 Å². The van der Waals surface area contributed by atoms with Crippen LogP contribution in [-0.4, -0.2) is 26.6 Å². The number of hydrogen-bond acceptors (Lipinski definition) is 7. The highest BCUT2D eigenvalue weighted by molar-refractivity contribution is 5.96. The average molecular weight is 508 g/mol. The van der Waals surface area contributed by atoms with Gasteiger partial charge in [-0.1, -0.05) is 24.3 Å². The molecule has 0 aliphatic carbocycles. The summed E-state index contributed by atoms with van der Waals surface area (Å²) in [5, 5.41) is 4.29. The highest BCUT2D eigenvalue weighted by Crippen LogP contribution is 2.32. The molecule has 3 heterocycles. The van der Waals surface area contributed by atoms with Gasteiger partial charge in [-0.05, 0) is 48.2 Å². The summed E-state index contributed by atoms with van der Waals surface area (Å²) in [5.74, 6) is 0.309. The molecule has 0 aliphatic rings. The van der Waals surface area contributed by atoms with E-state index in [0.29, 0.717) is 39.0 Å². The van der Waals surface area contributed by atoms with Crippen molar-refractivity contribution in [2.75, 3.05) is 18.2 Å². The standard InChI is InChI=1S/C28H22FN7O2/c1-16(34-26-23(31-2)15-33-28(30)35-26)24-11-17-6-4-9-22(18-10-21(38-3)14-32-13-18)25(17)27(37)36(24)20-8-5-7-19(29)12-20/h4-16H,1,3H3,(H3,30,33,34,35)/t16-/m0/s1. The molecule has 3 aromatic heterocycles. The van der Waals surface area contributed by atoms with E-state index < -0.39 is 11.9 Å². The molecular formula is C28H22FN7O2. The Bertz CT molecular complexity index is 1780. The van der Waals surface area contributed by atoms with E-state index in [4.69, 9.17) is 17.0 Å². The normalized spacial score (nSPS) is 11.6. The number of anilines is 2. The van der Waals surface area contributed by atoms with E-state index in [1.165, 1.54) is 22.9 Å². The van der Waals surface area contributed by atoms with Crippen LogP contribution in [0.5, 0.6) is 5.75 Å². The minimum Gasteiger partial charge on any atom is -0.495 e. The zero-order valence-corrected chi connectivity index (χ0v) is 20.5. The number of hydrogen-bond donors (Lipinski definition) is 2. The van der Waals surface area contributed by atoms with E-state index in [2.05, 4.69) is 25.1 Å². The maximum absolute atomic E-state index is 14.3. The number of fused-ring (bicyclic) bond motifs is 1. The fourth-order valence-electron chi connectivity index (χ4n) is 4.36. The zero-order valence-electron chi connectivity index (χ0n) is 20.5. The minimum atomic E-state index is -0.535. The molecule has 5 aromatic rings. The van der Waals surface area contributed by atoms with Crippen LogP contribution in [0.25, 0.3) is 32.4 Å². The number of benzene rings is 2. The molecule has 0 fully saturated rings. The van der Waals surface area contributed by atoms with Crippen molar-refractivity contribution in [3.63, 3.8) is 0 Å². The lowest BCUT2D eigenvalue weighted by Gasteiger charge is -2.22. The Morgan fingerprint density at radius 2 is 1.95 bits per heavy atom. The number of nitrogens with zero attached hydrogens (tertiary/aromatic N) is 5. The molecule has 0 amide bonds. The number of aromatic nitrogens is 4. The van der Waals surface area contributed by atoms with E-state index >= 15 is 0 Å². The van der Waals surface area contributed by atoms with Gasteiger partial charge in [-0.2, -0.15) is 0 Å². The number of rotatable bonds is 6. The van der Waals surface area contributed by atoms with Crippen molar-refractivity contribution in [1.82, 2.24) is 19.5 Å². The van der Waals surface area contributed by atoms with Crippen LogP contribution in [0, 0.1) is 12.4 Å². The second-order valence-electron chi connectivity index (χ2n) is 8.51. The molecule has 9 nitrogen and oxygen atoms in total. The van der Waals surface area contributed by atoms with Gasteiger partial charge in [-0.3, -0.25) is 14.3 Å². The number of nitrogen functional groups attached to an aromatic ring is 1. The molecule has 0 aliphatic heterocycles. The lowest BCUT2D eigenvalue weighted by Crippen LogP contribution is -2.26. The van der Waals surface area contributed by atoms with Gasteiger partial charge in [0.2, 0.25) is 11.6 Å². The fourth-order valence-corrected chi connectivity index (χ4v) is 4.36. The summed E-state index contributed by atoms with van der Waals surface area (Å²) in [6.07, 6.45) is 4.58. The van der Waals surface area contributed by atoms with Crippen molar-refractivity contribution in [3.05, 3.63) is 106 Å². The monoisotopic (exact) mass is 507 g/mol. The van der Waals surface area contributed by atoms with Crippen molar-refractivity contribution in [2.24, 2.45) is 0 Å². The summed E-state index contributed by atoms with van der Waals surface area (Å²) in [6.45, 7) is 9.25. The topological polar surface area (TPSA) is 112 Å². The Morgan fingerprint density at radius 3 is 2.71 bits per heavy atom. The molecule has 0 spiro atoms. The third kappa shape index (κ3) is 4.49. The molecular weight excluding hydrogens is 485 g/mol. The van der Waals surface area contributed by atoms with Crippen molar-refractivity contribution in [1.29, 1.82) is 0 Å². The van der Waals surface area contributed by atoms with Gasteiger partial charge in [0.25, 0.3) is 5.56 Å². The molecule has 0 saturated heterocycles. The minimum absolute atomic E-state index is 0.00433. The Balaban J connectivity index is 1.76. The van der Waals surface area contributed by atoms with Crippen LogP contribution in [0.15, 0.2) is 78.0 Å². The number of pyridine rings is 2. The first-order valence-electron chi connectivity index (χ1n) is 11.6. The molecule has 10 heteroatoms. The number of halogens is 1. The second-order valence-corrected chi connectivity index (χ2v) is 8.51. The number of nitrogens with two attached hydrogens (primary N) is 1. The molecule has 2 aromatic carbocycles. The van der Waals surface area contributed by atoms with E-state index in [1.807, 2.05) is 31.2 Å². The number of nitrogens with one attached hydrogen (secondary N) is 1. The number of methoxy groups -OCH3 is 1. The van der Waals surface area contributed by atoms with Crippen LogP contribution in [-0.2, 0) is 0 Å². The zero-order chi connectivity index (χ0) is 26.8. The van der Waals surface area contributed by atoms with Gasteiger partial charge in [0.15, 0.2) is 0 Å². The lowest BCUT2D eigenvalue weighted by molar-refractivity contribution is 0.413. The molecule has 1 atom stereocenters. The van der Waals surface area contributed by atoms with Crippen LogP contribution in [0.4, 0.5) is 21.8 Å². The summed E-state index contributed by atoms with van der Waals surface area (Å²) in [6, 6.07) is 14.5. The predicted octanol–water partition coefficient (Wildman–Crippen LogP) is 5.30. The van der Waals surface area contributed by atoms with E-state index in [9.17, 15) is 9.18 Å². The Hall–Kier alpha value is -5.30. The first kappa shape index (κ1) is 24.4. The quantitative estimate of drug-likeness (QED) is 0.300. The van der Waals surface area contributed by atoms with Gasteiger partial charge in [0, 0.05) is 23.7 Å². The summed E-state index contributed by atoms with van der Waals surface area (Å²) >= 11 is 0. The molecule has 5 rings (SSSR count). The maximum atomic E-state index is 14.3. The Morgan fingerprint density at radius 1 is 1.13 bits per heavy atom. The van der Waals surface area contributed by atoms with Crippen molar-refractivity contribution in [3.8, 4) is 22.6 Å². The maximum Gasteiger partial charge on any atom is 0.263 e. The van der Waals surface area contributed by atoms with E-state index in [0.717, 1.165) is 0 Å². The molecule has 38 heavy (non-hydrogen) atoms. The second kappa shape index (κ2) is 9.99. The van der Waals surface area contributed by atoms with Gasteiger partial charge in [-0.25, -0.2) is 19.2 Å². The molecule has 188 valence electrons. The summed E-state index contributed by atoms with van der Waals surface area (Å²) in [5.41, 5.74) is 7.83. The Labute approximate surface area is 217 Å². The summed E-state index contributed by atoms with van der Waals surface area (Å²) in [4.78, 5) is 29.9. The Kier molecular flexibility index (Phi) is 6.41. The van der Waals surface area contributed by atoms with Gasteiger partial charge >= 0.3 is 0 Å². The van der Waals surface area contributed by atoms with Crippen molar-refractivity contribution >= 4 is 28.2 Å². The van der Waals surface area contributed by atoms with E-state index in [1.54, 1.807) is 37.7 Å². The summed E-state index contributed by atoms with van der Waals surface area (Å²) in [7, 11) is 1.55. The third-order valence-corrected chi connectivity index (χ3v) is 6.11. The highest BCUT2D eigenvalue weighted by Gasteiger charge is 2.20. The first-order chi connectivity index (χ1) is 18.4. The fraction of sp³-hybridized carbons (Fsp3) is 0.107.